The van der Waals surface area contributed by atoms with E-state index in [2.05, 4.69) is 10.1 Å². The molecule has 1 atom stereocenters. The molecule has 0 saturated carbocycles. The highest BCUT2D eigenvalue weighted by molar-refractivity contribution is 7.20. The largest absolute Gasteiger partial charge is 0.496 e. The maximum absolute atomic E-state index is 13.4. The number of rotatable bonds is 9. The first-order valence-corrected chi connectivity index (χ1v) is 13.1. The van der Waals surface area contributed by atoms with Crippen LogP contribution in [-0.4, -0.2) is 66.3 Å². The topological polar surface area (TPSA) is 121 Å². The molecule has 3 aromatic rings. The molecule has 37 heavy (non-hydrogen) atoms. The lowest BCUT2D eigenvalue weighted by molar-refractivity contribution is -0.136. The summed E-state index contributed by atoms with van der Waals surface area (Å²) in [4.78, 5) is 30.7. The van der Waals surface area contributed by atoms with E-state index in [4.69, 9.17) is 18.9 Å². The molecule has 0 spiro atoms. The summed E-state index contributed by atoms with van der Waals surface area (Å²) < 4.78 is 25.1. The first-order chi connectivity index (χ1) is 18.0. The van der Waals surface area contributed by atoms with Gasteiger partial charge in [0.25, 0.3) is 0 Å². The Morgan fingerprint density at radius 1 is 1.27 bits per heavy atom. The Balaban J connectivity index is 1.63. The summed E-state index contributed by atoms with van der Waals surface area (Å²) in [6.07, 6.45) is 0.585. The van der Waals surface area contributed by atoms with Crippen LogP contribution in [0.2, 0.25) is 0 Å². The smallest absolute Gasteiger partial charge is 0.309 e. The molecule has 0 aliphatic carbocycles. The van der Waals surface area contributed by atoms with Crippen molar-refractivity contribution in [2.45, 2.75) is 44.9 Å². The second-order valence-electron chi connectivity index (χ2n) is 8.98. The van der Waals surface area contributed by atoms with Crippen molar-refractivity contribution in [2.75, 3.05) is 33.5 Å². The average molecular weight is 528 g/mol. The molecule has 1 N–H and O–H groups in total. The third kappa shape index (κ3) is 5.25. The lowest BCUT2D eigenvalue weighted by Gasteiger charge is -2.29. The average Bonchev–Trinajstić information content (AvgIpc) is 3.55. The van der Waals surface area contributed by atoms with Gasteiger partial charge in [0.2, 0.25) is 11.3 Å². The van der Waals surface area contributed by atoms with Crippen LogP contribution in [0, 0.1) is 6.92 Å². The molecule has 11 heteroatoms. The number of hydrogen-bond acceptors (Lipinski definition) is 9. The van der Waals surface area contributed by atoms with Crippen molar-refractivity contribution in [3.63, 3.8) is 0 Å². The number of ether oxygens (including phenoxy) is 4. The standard InChI is InChI=1S/C26H29N3O7S/c1-15-22-23(32)18(13-21(30)31)28-29(26(22)37-24(15)25-27-9-12-35-25)14-20(36-16-7-10-34-11-8-16)17-5-3-4-6-19(17)33-2/h3-6,16,20H,7-14H2,1-2H3,(H,30,31)/t20-/m0/s1. The molecule has 0 radical (unpaired) electrons. The van der Waals surface area contributed by atoms with E-state index in [1.54, 1.807) is 11.8 Å². The summed E-state index contributed by atoms with van der Waals surface area (Å²) in [5.41, 5.74) is 1.16. The van der Waals surface area contributed by atoms with Crippen molar-refractivity contribution in [2.24, 2.45) is 4.99 Å². The SMILES string of the molecule is COc1ccccc1[C@H](Cn1nc(CC(=O)O)c(=O)c2c(C)c(C3=NCCO3)sc21)OC1CCOCC1. The molecule has 0 unspecified atom stereocenters. The van der Waals surface area contributed by atoms with E-state index in [1.807, 2.05) is 31.2 Å². The van der Waals surface area contributed by atoms with E-state index >= 15 is 0 Å². The number of aromatic nitrogens is 2. The zero-order chi connectivity index (χ0) is 25.9. The molecular formula is C26H29N3O7S. The Kier molecular flexibility index (Phi) is 7.54. The summed E-state index contributed by atoms with van der Waals surface area (Å²) in [6.45, 7) is 4.40. The van der Waals surface area contributed by atoms with Gasteiger partial charge in [-0.05, 0) is 31.4 Å². The Morgan fingerprint density at radius 3 is 2.76 bits per heavy atom. The number of methoxy groups -OCH3 is 1. The third-order valence-electron chi connectivity index (χ3n) is 6.54. The molecular weight excluding hydrogens is 498 g/mol. The monoisotopic (exact) mass is 527 g/mol. The Hall–Kier alpha value is -3.28. The second kappa shape index (κ2) is 11.0. The molecule has 10 nitrogen and oxygen atoms in total. The maximum atomic E-state index is 13.4. The number of aliphatic carboxylic acids is 1. The molecule has 2 aliphatic rings. The van der Waals surface area contributed by atoms with E-state index in [9.17, 15) is 14.7 Å². The van der Waals surface area contributed by atoms with Crippen LogP contribution in [-0.2, 0) is 32.0 Å². The van der Waals surface area contributed by atoms with Crippen LogP contribution in [0.5, 0.6) is 5.75 Å². The number of aryl methyl sites for hydroxylation is 1. The van der Waals surface area contributed by atoms with Gasteiger partial charge in [0.1, 0.15) is 29.0 Å². The van der Waals surface area contributed by atoms with Crippen molar-refractivity contribution in [3.05, 3.63) is 56.2 Å². The van der Waals surface area contributed by atoms with E-state index in [0.29, 0.717) is 53.8 Å². The molecule has 2 aliphatic heterocycles. The van der Waals surface area contributed by atoms with Gasteiger partial charge in [-0.15, -0.1) is 11.3 Å². The number of aliphatic imine (C=N–C) groups is 1. The van der Waals surface area contributed by atoms with Crippen molar-refractivity contribution < 1.29 is 28.8 Å². The summed E-state index contributed by atoms with van der Waals surface area (Å²) >= 11 is 1.37. The second-order valence-corrected chi connectivity index (χ2v) is 9.98. The summed E-state index contributed by atoms with van der Waals surface area (Å²) in [6, 6.07) is 7.65. The number of nitrogens with zero attached hydrogens (tertiary/aromatic N) is 3. The van der Waals surface area contributed by atoms with Crippen LogP contribution < -0.4 is 10.2 Å². The van der Waals surface area contributed by atoms with Crippen molar-refractivity contribution in [1.82, 2.24) is 9.78 Å². The Labute approximate surface area is 217 Å². The van der Waals surface area contributed by atoms with E-state index in [0.717, 1.165) is 23.3 Å². The van der Waals surface area contributed by atoms with Crippen LogP contribution in [0.1, 0.15) is 40.6 Å². The highest BCUT2D eigenvalue weighted by atomic mass is 32.1. The number of thiophene rings is 1. The minimum absolute atomic E-state index is 0.0149. The fourth-order valence-corrected chi connectivity index (χ4v) is 5.96. The van der Waals surface area contributed by atoms with Crippen molar-refractivity contribution in [3.8, 4) is 5.75 Å². The Morgan fingerprint density at radius 2 is 2.05 bits per heavy atom. The summed E-state index contributed by atoms with van der Waals surface area (Å²) in [5.74, 6) is 0.0652. The number of carbonyl (C=O) groups is 1. The van der Waals surface area contributed by atoms with Crippen molar-refractivity contribution >= 4 is 33.4 Å². The van der Waals surface area contributed by atoms with E-state index in [1.165, 1.54) is 11.3 Å². The highest BCUT2D eigenvalue weighted by Gasteiger charge is 2.28. The highest BCUT2D eigenvalue weighted by Crippen LogP contribution is 2.35. The molecule has 196 valence electrons. The molecule has 2 aromatic heterocycles. The third-order valence-corrected chi connectivity index (χ3v) is 7.83. The maximum Gasteiger partial charge on any atom is 0.309 e. The zero-order valence-electron chi connectivity index (χ0n) is 20.8. The van der Waals surface area contributed by atoms with E-state index in [-0.39, 0.29) is 23.8 Å². The summed E-state index contributed by atoms with van der Waals surface area (Å²) in [5, 5.41) is 14.5. The molecule has 4 heterocycles. The van der Waals surface area contributed by atoms with Crippen LogP contribution in [0.3, 0.4) is 0 Å². The molecule has 0 bridgehead atoms. The van der Waals surface area contributed by atoms with E-state index < -0.39 is 18.5 Å². The van der Waals surface area contributed by atoms with Gasteiger partial charge in [-0.1, -0.05) is 18.2 Å². The summed E-state index contributed by atoms with van der Waals surface area (Å²) in [7, 11) is 1.61. The fraction of sp³-hybridized carbons (Fsp3) is 0.462. The minimum Gasteiger partial charge on any atom is -0.496 e. The van der Waals surface area contributed by atoms with Gasteiger partial charge in [0.05, 0.1) is 43.0 Å². The number of carboxylic acids is 1. The first-order valence-electron chi connectivity index (χ1n) is 12.2. The van der Waals surface area contributed by atoms with Gasteiger partial charge in [-0.2, -0.15) is 5.10 Å². The minimum atomic E-state index is -1.12. The predicted octanol–water partition coefficient (Wildman–Crippen LogP) is 3.12. The first kappa shape index (κ1) is 25.4. The fourth-order valence-electron chi connectivity index (χ4n) is 4.74. The zero-order valence-corrected chi connectivity index (χ0v) is 21.6. The lowest BCUT2D eigenvalue weighted by Crippen LogP contribution is -2.28. The quantitative estimate of drug-likeness (QED) is 0.451. The van der Waals surface area contributed by atoms with Gasteiger partial charge in [0, 0.05) is 18.8 Å². The van der Waals surface area contributed by atoms with Gasteiger partial charge < -0.3 is 24.1 Å². The predicted molar refractivity (Wildman–Crippen MR) is 138 cm³/mol. The number of para-hydroxylation sites is 1. The number of carboxylic acid groups (broad SMARTS) is 1. The molecule has 0 amide bonds. The van der Waals surface area contributed by atoms with Gasteiger partial charge in [-0.3, -0.25) is 14.3 Å². The number of benzene rings is 1. The van der Waals surface area contributed by atoms with Gasteiger partial charge in [0.15, 0.2) is 0 Å². The van der Waals surface area contributed by atoms with Crippen LogP contribution >= 0.6 is 11.3 Å². The molecule has 1 saturated heterocycles. The van der Waals surface area contributed by atoms with Gasteiger partial charge >= 0.3 is 5.97 Å². The van der Waals surface area contributed by atoms with Gasteiger partial charge in [-0.25, -0.2) is 4.99 Å². The molecule has 1 aromatic carbocycles. The van der Waals surface area contributed by atoms with Crippen LogP contribution in [0.15, 0.2) is 34.1 Å². The number of fused-ring (bicyclic) bond motifs is 1. The van der Waals surface area contributed by atoms with Crippen LogP contribution in [0.4, 0.5) is 0 Å². The molecule has 5 rings (SSSR count). The molecule has 1 fully saturated rings. The van der Waals surface area contributed by atoms with Crippen LogP contribution in [0.25, 0.3) is 10.2 Å². The van der Waals surface area contributed by atoms with Crippen molar-refractivity contribution in [1.29, 1.82) is 0 Å². The number of hydrogen-bond donors (Lipinski definition) is 1. The normalized spacial score (nSPS) is 17.0. The Bertz CT molecular complexity index is 1390. The lowest BCUT2D eigenvalue weighted by atomic mass is 10.1.